The largest absolute Gasteiger partial charge is 0.395 e. The van der Waals surface area contributed by atoms with Gasteiger partial charge in [0.1, 0.15) is 0 Å². The van der Waals surface area contributed by atoms with Crippen LogP contribution in [0.1, 0.15) is 13.8 Å². The van der Waals surface area contributed by atoms with E-state index in [1.54, 1.807) is 45.2 Å². The molecule has 0 saturated heterocycles. The number of rotatable bonds is 6. The molecule has 1 aromatic carbocycles. The maximum Gasteiger partial charge on any atom is 0.243 e. The fourth-order valence-corrected chi connectivity index (χ4v) is 3.31. The van der Waals surface area contributed by atoms with Gasteiger partial charge >= 0.3 is 0 Å². The van der Waals surface area contributed by atoms with Gasteiger partial charge in [-0.25, -0.2) is 8.42 Å². The molecule has 0 aliphatic heterocycles. The van der Waals surface area contributed by atoms with Crippen molar-refractivity contribution in [3.8, 4) is 0 Å². The molecule has 0 heterocycles. The molecule has 0 radical (unpaired) electrons. The van der Waals surface area contributed by atoms with E-state index in [1.165, 1.54) is 4.31 Å². The third-order valence-electron chi connectivity index (χ3n) is 2.65. The van der Waals surface area contributed by atoms with E-state index in [2.05, 4.69) is 5.32 Å². The van der Waals surface area contributed by atoms with E-state index in [-0.39, 0.29) is 24.1 Å². The zero-order valence-electron chi connectivity index (χ0n) is 10.9. The topological polar surface area (TPSA) is 69.6 Å². The minimum Gasteiger partial charge on any atom is -0.395 e. The number of nitrogens with one attached hydrogen (secondary N) is 1. The highest BCUT2D eigenvalue weighted by Gasteiger charge is 2.26. The highest BCUT2D eigenvalue weighted by atomic mass is 32.2. The van der Waals surface area contributed by atoms with Gasteiger partial charge in [0.2, 0.25) is 10.0 Å². The Morgan fingerprint density at radius 3 is 2.22 bits per heavy atom. The molecule has 5 nitrogen and oxygen atoms in total. The summed E-state index contributed by atoms with van der Waals surface area (Å²) in [6.07, 6.45) is 0. The van der Waals surface area contributed by atoms with E-state index < -0.39 is 10.0 Å². The Bertz CT molecular complexity index is 469. The molecular weight excluding hydrogens is 252 g/mol. The highest BCUT2D eigenvalue weighted by Crippen LogP contribution is 2.19. The first kappa shape index (κ1) is 14.9. The summed E-state index contributed by atoms with van der Waals surface area (Å²) in [7, 11) is -1.77. The van der Waals surface area contributed by atoms with Crippen molar-refractivity contribution in [3.63, 3.8) is 0 Å². The molecule has 0 aromatic heterocycles. The molecule has 0 fully saturated rings. The van der Waals surface area contributed by atoms with Crippen molar-refractivity contribution in [1.29, 1.82) is 0 Å². The second-order valence-electron chi connectivity index (χ2n) is 4.21. The third-order valence-corrected chi connectivity index (χ3v) is 4.74. The molecule has 0 saturated carbocycles. The molecule has 0 amide bonds. The molecule has 1 rings (SSSR count). The molecule has 1 aromatic rings. The van der Waals surface area contributed by atoms with Gasteiger partial charge in [-0.05, 0) is 38.1 Å². The SMILES string of the molecule is CNc1ccc(S(=O)(=O)N(CCO)C(C)C)cc1. The molecular formula is C12H20N2O3S. The predicted molar refractivity (Wildman–Crippen MR) is 72.1 cm³/mol. The highest BCUT2D eigenvalue weighted by molar-refractivity contribution is 7.89. The second kappa shape index (κ2) is 6.17. The Labute approximate surface area is 108 Å². The Morgan fingerprint density at radius 2 is 1.83 bits per heavy atom. The molecule has 0 aliphatic rings. The lowest BCUT2D eigenvalue weighted by Crippen LogP contribution is -2.38. The summed E-state index contributed by atoms with van der Waals surface area (Å²) in [5.41, 5.74) is 0.854. The lowest BCUT2D eigenvalue weighted by molar-refractivity contribution is 0.236. The van der Waals surface area contributed by atoms with Gasteiger partial charge in [0.25, 0.3) is 0 Å². The second-order valence-corrected chi connectivity index (χ2v) is 6.10. The first-order chi connectivity index (χ1) is 8.43. The lowest BCUT2D eigenvalue weighted by Gasteiger charge is -2.25. The lowest BCUT2D eigenvalue weighted by atomic mass is 10.3. The van der Waals surface area contributed by atoms with Gasteiger partial charge in [-0.2, -0.15) is 4.31 Å². The smallest absolute Gasteiger partial charge is 0.243 e. The van der Waals surface area contributed by atoms with E-state index in [9.17, 15) is 8.42 Å². The zero-order chi connectivity index (χ0) is 13.8. The number of hydrogen-bond donors (Lipinski definition) is 2. The monoisotopic (exact) mass is 272 g/mol. The van der Waals surface area contributed by atoms with Crippen molar-refractivity contribution < 1.29 is 13.5 Å². The van der Waals surface area contributed by atoms with Crippen LogP contribution in [0.15, 0.2) is 29.2 Å². The van der Waals surface area contributed by atoms with Gasteiger partial charge in [0.05, 0.1) is 11.5 Å². The molecule has 0 bridgehead atoms. The van der Waals surface area contributed by atoms with Crippen LogP contribution >= 0.6 is 0 Å². The van der Waals surface area contributed by atoms with Crippen LogP contribution in [0.2, 0.25) is 0 Å². The van der Waals surface area contributed by atoms with Gasteiger partial charge in [-0.1, -0.05) is 0 Å². The Hall–Kier alpha value is -1.11. The number of nitrogens with zero attached hydrogens (tertiary/aromatic N) is 1. The summed E-state index contributed by atoms with van der Waals surface area (Å²) in [4.78, 5) is 0.239. The molecule has 0 unspecified atom stereocenters. The summed E-state index contributed by atoms with van der Waals surface area (Å²) >= 11 is 0. The average molecular weight is 272 g/mol. The van der Waals surface area contributed by atoms with E-state index >= 15 is 0 Å². The quantitative estimate of drug-likeness (QED) is 0.814. The number of aliphatic hydroxyl groups excluding tert-OH is 1. The molecule has 2 N–H and O–H groups in total. The van der Waals surface area contributed by atoms with Crippen molar-refractivity contribution in [2.24, 2.45) is 0 Å². The normalized spacial score (nSPS) is 12.1. The summed E-state index contributed by atoms with van der Waals surface area (Å²) in [6.45, 7) is 3.49. The van der Waals surface area contributed by atoms with Crippen LogP contribution in [0.5, 0.6) is 0 Å². The van der Waals surface area contributed by atoms with E-state index in [4.69, 9.17) is 5.11 Å². The summed E-state index contributed by atoms with van der Waals surface area (Å²) in [5.74, 6) is 0. The fourth-order valence-electron chi connectivity index (χ4n) is 1.68. The van der Waals surface area contributed by atoms with Crippen LogP contribution in [0.25, 0.3) is 0 Å². The van der Waals surface area contributed by atoms with Crippen molar-refractivity contribution in [2.75, 3.05) is 25.5 Å². The first-order valence-corrected chi connectivity index (χ1v) is 7.28. The molecule has 0 spiro atoms. The van der Waals surface area contributed by atoms with Crippen molar-refractivity contribution in [3.05, 3.63) is 24.3 Å². The van der Waals surface area contributed by atoms with Gasteiger partial charge in [0, 0.05) is 25.3 Å². The molecule has 0 aliphatic carbocycles. The number of sulfonamides is 1. The molecule has 102 valence electrons. The van der Waals surface area contributed by atoms with Crippen LogP contribution in [0, 0.1) is 0 Å². The van der Waals surface area contributed by atoms with Crippen LogP contribution in [0.4, 0.5) is 5.69 Å². The summed E-state index contributed by atoms with van der Waals surface area (Å²) in [6, 6.07) is 6.36. The van der Waals surface area contributed by atoms with Gasteiger partial charge in [-0.3, -0.25) is 0 Å². The van der Waals surface area contributed by atoms with E-state index in [0.717, 1.165) is 5.69 Å². The molecule has 0 atom stereocenters. The van der Waals surface area contributed by atoms with Gasteiger partial charge in [0.15, 0.2) is 0 Å². The summed E-state index contributed by atoms with van der Waals surface area (Å²) < 4.78 is 26.0. The number of hydrogen-bond acceptors (Lipinski definition) is 4. The Balaban J connectivity index is 3.09. The number of aliphatic hydroxyl groups is 1. The molecule has 18 heavy (non-hydrogen) atoms. The fraction of sp³-hybridized carbons (Fsp3) is 0.500. The minimum absolute atomic E-state index is 0.105. The molecule has 6 heteroatoms. The summed E-state index contributed by atoms with van der Waals surface area (Å²) in [5, 5.41) is 11.9. The average Bonchev–Trinajstić information content (AvgIpc) is 2.35. The Kier molecular flexibility index (Phi) is 5.13. The number of benzene rings is 1. The maximum absolute atomic E-state index is 12.4. The van der Waals surface area contributed by atoms with Crippen LogP contribution in [0.3, 0.4) is 0 Å². The third kappa shape index (κ3) is 3.22. The first-order valence-electron chi connectivity index (χ1n) is 5.84. The van der Waals surface area contributed by atoms with Crippen LogP contribution in [-0.2, 0) is 10.0 Å². The van der Waals surface area contributed by atoms with Crippen LogP contribution < -0.4 is 5.32 Å². The van der Waals surface area contributed by atoms with Gasteiger partial charge in [-0.15, -0.1) is 0 Å². The van der Waals surface area contributed by atoms with E-state index in [1.807, 2.05) is 0 Å². The minimum atomic E-state index is -3.54. The van der Waals surface area contributed by atoms with Crippen molar-refractivity contribution in [1.82, 2.24) is 4.31 Å². The Morgan fingerprint density at radius 1 is 1.28 bits per heavy atom. The van der Waals surface area contributed by atoms with Gasteiger partial charge < -0.3 is 10.4 Å². The standard InChI is InChI=1S/C12H20N2O3S/c1-10(2)14(8-9-15)18(16,17)12-6-4-11(13-3)5-7-12/h4-7,10,13,15H,8-9H2,1-3H3. The zero-order valence-corrected chi connectivity index (χ0v) is 11.7. The van der Waals surface area contributed by atoms with Crippen LogP contribution in [-0.4, -0.2) is 44.1 Å². The van der Waals surface area contributed by atoms with Crippen molar-refractivity contribution in [2.45, 2.75) is 24.8 Å². The van der Waals surface area contributed by atoms with Crippen molar-refractivity contribution >= 4 is 15.7 Å². The number of anilines is 1. The maximum atomic E-state index is 12.4. The predicted octanol–water partition coefficient (Wildman–Crippen LogP) is 1.12. The van der Waals surface area contributed by atoms with E-state index in [0.29, 0.717) is 0 Å².